The first-order chi connectivity index (χ1) is 23.7. The molecule has 3 aromatic rings. The van der Waals surface area contributed by atoms with Crippen LogP contribution in [-0.4, -0.2) is 63.0 Å². The lowest BCUT2D eigenvalue weighted by Crippen LogP contribution is -2.41. The van der Waals surface area contributed by atoms with Crippen molar-refractivity contribution in [1.29, 1.82) is 0 Å². The zero-order chi connectivity index (χ0) is 36.2. The van der Waals surface area contributed by atoms with Gasteiger partial charge in [-0.2, -0.15) is 10.2 Å². The molecule has 260 valence electrons. The first-order valence-corrected chi connectivity index (χ1v) is 17.4. The van der Waals surface area contributed by atoms with E-state index in [1.165, 1.54) is 5.56 Å². The van der Waals surface area contributed by atoms with Gasteiger partial charge in [-0.3, -0.25) is 9.36 Å². The number of nitrogens with zero attached hydrogens (tertiary/aromatic N) is 4. The van der Waals surface area contributed by atoms with Crippen molar-refractivity contribution < 1.29 is 28.4 Å². The van der Waals surface area contributed by atoms with Crippen LogP contribution in [0.3, 0.4) is 0 Å². The SMILES string of the molecule is CCOC(=O)C1=CC2=C(C1)C(Br)=[C+]C=C2.CCOC(=O)C1=Cc2cccc(-c3cnn(C)c3)c2C1.Cn1cc(B2OC(C)(C)C(C)(C)O2)cn1. The van der Waals surface area contributed by atoms with E-state index in [4.69, 9.17) is 18.8 Å². The van der Waals surface area contributed by atoms with Crippen molar-refractivity contribution in [1.82, 2.24) is 19.6 Å². The lowest BCUT2D eigenvalue weighted by molar-refractivity contribution is -0.139. The van der Waals surface area contributed by atoms with Crippen LogP contribution in [0.4, 0.5) is 0 Å². The minimum atomic E-state index is -0.302. The molecule has 0 spiro atoms. The number of aromatic nitrogens is 4. The summed E-state index contributed by atoms with van der Waals surface area (Å²) in [5.41, 5.74) is 8.48. The van der Waals surface area contributed by atoms with Crippen molar-refractivity contribution in [3.8, 4) is 11.1 Å². The van der Waals surface area contributed by atoms with Gasteiger partial charge in [-0.05, 0) is 86.3 Å². The molecule has 1 aromatic carbocycles. The summed E-state index contributed by atoms with van der Waals surface area (Å²) in [4.78, 5) is 23.4. The zero-order valence-electron chi connectivity index (χ0n) is 29.9. The van der Waals surface area contributed by atoms with Gasteiger partial charge in [0.2, 0.25) is 0 Å². The van der Waals surface area contributed by atoms with Gasteiger partial charge in [0.1, 0.15) is 6.08 Å². The number of hydrogen-bond acceptors (Lipinski definition) is 8. The Labute approximate surface area is 302 Å². The number of hydrogen-bond donors (Lipinski definition) is 0. The highest BCUT2D eigenvalue weighted by Crippen LogP contribution is 2.38. The van der Waals surface area contributed by atoms with Crippen LogP contribution in [0.1, 0.15) is 59.1 Å². The predicted octanol–water partition coefficient (Wildman–Crippen LogP) is 6.14. The molecule has 10 nitrogen and oxygen atoms in total. The highest BCUT2D eigenvalue weighted by molar-refractivity contribution is 9.11. The Morgan fingerprint density at radius 2 is 1.54 bits per heavy atom. The number of rotatable bonds is 6. The maximum atomic E-state index is 11.9. The quantitative estimate of drug-likeness (QED) is 0.169. The first-order valence-electron chi connectivity index (χ1n) is 16.6. The fraction of sp³-hybridized carbons (Fsp3) is 0.368. The molecule has 4 aliphatic rings. The van der Waals surface area contributed by atoms with Gasteiger partial charge in [-0.15, -0.1) is 0 Å². The van der Waals surface area contributed by atoms with Crippen LogP contribution in [0.5, 0.6) is 0 Å². The lowest BCUT2D eigenvalue weighted by atomic mass is 9.82. The summed E-state index contributed by atoms with van der Waals surface area (Å²) < 4.78 is 26.3. The summed E-state index contributed by atoms with van der Waals surface area (Å²) in [6.45, 7) is 12.6. The summed E-state index contributed by atoms with van der Waals surface area (Å²) in [5, 5.41) is 8.32. The van der Waals surface area contributed by atoms with Crippen molar-refractivity contribution in [2.45, 2.75) is 65.6 Å². The monoisotopic (exact) mass is 741 g/mol. The Balaban J connectivity index is 0.000000148. The Bertz CT molecular complexity index is 1910. The number of esters is 2. The smallest absolute Gasteiger partial charge is 0.463 e. The van der Waals surface area contributed by atoms with Crippen molar-refractivity contribution in [3.63, 3.8) is 0 Å². The Morgan fingerprint density at radius 3 is 2.10 bits per heavy atom. The van der Waals surface area contributed by atoms with Crippen molar-refractivity contribution in [2.24, 2.45) is 14.1 Å². The van der Waals surface area contributed by atoms with E-state index in [1.54, 1.807) is 15.6 Å². The summed E-state index contributed by atoms with van der Waals surface area (Å²) in [5.74, 6) is -0.443. The molecule has 0 unspecified atom stereocenters. The standard InChI is InChI=1S/C16H16N2O2.C12H10BrO2.C10H17BN2O2/c1-3-20-16(19)12-7-11-5-4-6-14(15(11)8-12)13-9-17-18(2)10-13;1-2-15-12(14)9-6-8-4-3-5-11(13)10(8)7-9;1-9(2)10(3,4)15-11(14-9)8-6-12-13(5)7-8/h4-7,9-10H,3,8H2,1-2H3;3-4,6H,2,7H2,1H3;6-7H,1-5H3/q;+1;. The van der Waals surface area contributed by atoms with Gasteiger partial charge in [0, 0.05) is 55.7 Å². The van der Waals surface area contributed by atoms with Gasteiger partial charge in [0.15, 0.2) is 4.48 Å². The average molecular weight is 742 g/mol. The molecular weight excluding hydrogens is 699 g/mol. The van der Waals surface area contributed by atoms with E-state index in [0.29, 0.717) is 31.6 Å². The number of ether oxygens (including phenoxy) is 2. The van der Waals surface area contributed by atoms with Crippen LogP contribution in [0.25, 0.3) is 17.2 Å². The minimum Gasteiger partial charge on any atom is -0.463 e. The molecule has 1 saturated heterocycles. The number of aryl methyl sites for hydroxylation is 2. The predicted molar refractivity (Wildman–Crippen MR) is 197 cm³/mol. The molecule has 7 rings (SSSR count). The molecule has 12 heteroatoms. The highest BCUT2D eigenvalue weighted by atomic mass is 79.9. The number of halogens is 1. The molecule has 3 heterocycles. The molecule has 1 fully saturated rings. The maximum absolute atomic E-state index is 11.9. The van der Waals surface area contributed by atoms with Crippen LogP contribution in [0, 0.1) is 6.08 Å². The van der Waals surface area contributed by atoms with E-state index in [9.17, 15) is 9.59 Å². The van der Waals surface area contributed by atoms with Crippen molar-refractivity contribution in [3.05, 3.63) is 105 Å². The van der Waals surface area contributed by atoms with E-state index >= 15 is 0 Å². The van der Waals surface area contributed by atoms with Crippen LogP contribution in [0.2, 0.25) is 0 Å². The molecule has 50 heavy (non-hydrogen) atoms. The average Bonchev–Trinajstić information content (AvgIpc) is 3.89. The number of carbonyl (C=O) groups is 2. The summed E-state index contributed by atoms with van der Waals surface area (Å²) >= 11 is 3.42. The first kappa shape index (κ1) is 36.9. The fourth-order valence-electron chi connectivity index (χ4n) is 5.71. The van der Waals surface area contributed by atoms with E-state index in [-0.39, 0.29) is 30.3 Å². The molecule has 3 aliphatic carbocycles. The number of benzene rings is 1. The molecule has 0 bridgehead atoms. The van der Waals surface area contributed by atoms with Crippen molar-refractivity contribution >= 4 is 46.5 Å². The zero-order valence-corrected chi connectivity index (χ0v) is 31.5. The summed E-state index contributed by atoms with van der Waals surface area (Å²) in [7, 11) is 3.48. The van der Waals surface area contributed by atoms with Gasteiger partial charge < -0.3 is 18.8 Å². The molecule has 0 atom stereocenters. The number of fused-ring (bicyclic) bond motifs is 1. The second-order valence-corrected chi connectivity index (χ2v) is 14.0. The summed E-state index contributed by atoms with van der Waals surface area (Å²) in [6.07, 6.45) is 19.4. The number of allylic oxidation sites excluding steroid dienone is 7. The van der Waals surface area contributed by atoms with Gasteiger partial charge in [0.05, 0.1) is 65.9 Å². The van der Waals surface area contributed by atoms with E-state index in [1.807, 2.05) is 111 Å². The molecule has 0 amide bonds. The topological polar surface area (TPSA) is 107 Å². The maximum Gasteiger partial charge on any atom is 0.498 e. The third-order valence-electron chi connectivity index (χ3n) is 9.03. The second-order valence-electron chi connectivity index (χ2n) is 13.2. The van der Waals surface area contributed by atoms with Crippen LogP contribution in [-0.2, 0) is 48.9 Å². The minimum absolute atomic E-state index is 0.221. The van der Waals surface area contributed by atoms with Gasteiger partial charge >= 0.3 is 19.1 Å². The molecule has 0 saturated carbocycles. The second kappa shape index (κ2) is 15.3. The third kappa shape index (κ3) is 8.16. The molecule has 1 aliphatic heterocycles. The number of carbonyl (C=O) groups excluding carboxylic acids is 2. The molecule has 0 N–H and O–H groups in total. The molecular formula is C38H43BBrN4O6+. The van der Waals surface area contributed by atoms with Crippen LogP contribution < -0.4 is 5.46 Å². The Hall–Kier alpha value is -4.35. The van der Waals surface area contributed by atoms with E-state index in [0.717, 1.165) is 43.4 Å². The van der Waals surface area contributed by atoms with Gasteiger partial charge in [-0.25, -0.2) is 9.59 Å². The highest BCUT2D eigenvalue weighted by Gasteiger charge is 2.52. The van der Waals surface area contributed by atoms with E-state index < -0.39 is 0 Å². The lowest BCUT2D eigenvalue weighted by Gasteiger charge is -2.32. The summed E-state index contributed by atoms with van der Waals surface area (Å²) in [6, 6.07) is 6.10. The third-order valence-corrected chi connectivity index (χ3v) is 9.74. The largest absolute Gasteiger partial charge is 0.498 e. The van der Waals surface area contributed by atoms with Crippen LogP contribution in [0.15, 0.2) is 88.0 Å². The van der Waals surface area contributed by atoms with Crippen molar-refractivity contribution in [2.75, 3.05) is 13.2 Å². The molecule has 2 aromatic heterocycles. The van der Waals surface area contributed by atoms with Gasteiger partial charge in [-0.1, -0.05) is 18.2 Å². The van der Waals surface area contributed by atoms with E-state index in [2.05, 4.69) is 38.3 Å². The molecule has 0 radical (unpaired) electrons. The Kier molecular flexibility index (Phi) is 11.3. The fourth-order valence-corrected chi connectivity index (χ4v) is 6.21. The van der Waals surface area contributed by atoms with Crippen LogP contribution >= 0.6 is 15.9 Å². The Morgan fingerprint density at radius 1 is 0.920 bits per heavy atom. The normalized spacial score (nSPS) is 17.6. The van der Waals surface area contributed by atoms with Gasteiger partial charge in [0.25, 0.3) is 0 Å².